The van der Waals surface area contributed by atoms with E-state index in [4.69, 9.17) is 11.6 Å². The molecule has 0 unspecified atom stereocenters. The van der Waals surface area contributed by atoms with Crippen molar-refractivity contribution in [1.82, 2.24) is 4.57 Å². The maximum Gasteiger partial charge on any atom is 0.0695 e. The van der Waals surface area contributed by atoms with Crippen LogP contribution in [0.4, 0.5) is 0 Å². The molecule has 166 valence electrons. The summed E-state index contributed by atoms with van der Waals surface area (Å²) in [7, 11) is 0. The van der Waals surface area contributed by atoms with Crippen molar-refractivity contribution in [3.63, 3.8) is 0 Å². The van der Waals surface area contributed by atoms with E-state index < -0.39 is 0 Å². The molecule has 0 aliphatic carbocycles. The number of nitrogens with zero attached hydrogens (tertiary/aromatic N) is 1. The maximum absolute atomic E-state index is 6.70. The summed E-state index contributed by atoms with van der Waals surface area (Å²) in [5, 5.41) is 9.66. The second-order valence-corrected chi connectivity index (χ2v) is 9.53. The molecular formula is C33H22ClN. The molecule has 7 aromatic rings. The van der Waals surface area contributed by atoms with Crippen molar-refractivity contribution in [3.05, 3.63) is 126 Å². The molecule has 0 saturated heterocycles. The summed E-state index contributed by atoms with van der Waals surface area (Å²) in [4.78, 5) is 0. The Morgan fingerprint density at radius 2 is 1.03 bits per heavy atom. The van der Waals surface area contributed by atoms with Gasteiger partial charge in [0.25, 0.3) is 0 Å². The molecule has 0 atom stereocenters. The molecule has 0 fully saturated rings. The Bertz CT molecular complexity index is 1890. The minimum atomic E-state index is 0.815. The molecule has 0 saturated carbocycles. The van der Waals surface area contributed by atoms with Gasteiger partial charge in [-0.1, -0.05) is 103 Å². The largest absolute Gasteiger partial charge is 0.312 e. The van der Waals surface area contributed by atoms with Gasteiger partial charge in [0.2, 0.25) is 0 Å². The third-order valence-corrected chi connectivity index (χ3v) is 7.69. The highest BCUT2D eigenvalue weighted by atomic mass is 35.5. The summed E-state index contributed by atoms with van der Waals surface area (Å²) in [6, 6.07) is 41.4. The molecule has 1 heterocycles. The molecule has 0 N–H and O–H groups in total. The Hall–Kier alpha value is -4.07. The van der Waals surface area contributed by atoms with Crippen LogP contribution in [0.5, 0.6) is 0 Å². The van der Waals surface area contributed by atoms with E-state index in [1.807, 2.05) is 6.07 Å². The Labute approximate surface area is 208 Å². The third-order valence-electron chi connectivity index (χ3n) is 7.22. The van der Waals surface area contributed by atoms with Crippen molar-refractivity contribution in [2.24, 2.45) is 0 Å². The highest BCUT2D eigenvalue weighted by Gasteiger charge is 2.14. The maximum atomic E-state index is 6.70. The number of benzene rings is 6. The summed E-state index contributed by atoms with van der Waals surface area (Å²) in [5.74, 6) is 0. The molecule has 1 nitrogen and oxygen atoms in total. The lowest BCUT2D eigenvalue weighted by atomic mass is 9.92. The normalized spacial score (nSPS) is 11.7. The SMILES string of the molecule is Cc1c(Cl)c2ccccc2n1-c1cccc(-c2ccc3c4ccccc4c4ccccc4c3c2)c1. The first kappa shape index (κ1) is 20.3. The van der Waals surface area contributed by atoms with Gasteiger partial charge in [-0.3, -0.25) is 0 Å². The zero-order valence-electron chi connectivity index (χ0n) is 19.3. The lowest BCUT2D eigenvalue weighted by molar-refractivity contribution is 1.05. The quantitative estimate of drug-likeness (QED) is 0.223. The van der Waals surface area contributed by atoms with Gasteiger partial charge in [0, 0.05) is 16.8 Å². The Kier molecular flexibility index (Phi) is 4.49. The van der Waals surface area contributed by atoms with Crippen molar-refractivity contribution < 1.29 is 0 Å². The summed E-state index contributed by atoms with van der Waals surface area (Å²) in [5.41, 5.74) is 5.70. The molecule has 0 aliphatic rings. The van der Waals surface area contributed by atoms with Crippen LogP contribution in [0.3, 0.4) is 0 Å². The van der Waals surface area contributed by atoms with E-state index in [1.165, 1.54) is 43.4 Å². The lowest BCUT2D eigenvalue weighted by Crippen LogP contribution is -1.96. The number of para-hydroxylation sites is 1. The fourth-order valence-electron chi connectivity index (χ4n) is 5.57. The van der Waals surface area contributed by atoms with Crippen LogP contribution in [0.1, 0.15) is 5.69 Å². The van der Waals surface area contributed by atoms with Gasteiger partial charge in [-0.2, -0.15) is 0 Å². The van der Waals surface area contributed by atoms with Crippen molar-refractivity contribution in [3.8, 4) is 16.8 Å². The Morgan fingerprint density at radius 3 is 1.71 bits per heavy atom. The molecule has 0 aliphatic heterocycles. The van der Waals surface area contributed by atoms with Crippen LogP contribution in [0.2, 0.25) is 5.02 Å². The van der Waals surface area contributed by atoms with Crippen molar-refractivity contribution in [2.75, 3.05) is 0 Å². The number of aromatic nitrogens is 1. The monoisotopic (exact) mass is 467 g/mol. The van der Waals surface area contributed by atoms with Crippen molar-refractivity contribution in [2.45, 2.75) is 6.92 Å². The van der Waals surface area contributed by atoms with E-state index in [1.54, 1.807) is 0 Å². The number of halogens is 1. The lowest BCUT2D eigenvalue weighted by Gasteiger charge is -2.13. The second kappa shape index (κ2) is 7.73. The van der Waals surface area contributed by atoms with E-state index in [9.17, 15) is 0 Å². The van der Waals surface area contributed by atoms with Crippen LogP contribution in [0, 0.1) is 6.92 Å². The number of hydrogen-bond donors (Lipinski definition) is 0. The van der Waals surface area contributed by atoms with E-state index in [0.29, 0.717) is 0 Å². The second-order valence-electron chi connectivity index (χ2n) is 9.15. The number of rotatable bonds is 2. The molecule has 0 amide bonds. The summed E-state index contributed by atoms with van der Waals surface area (Å²) < 4.78 is 2.26. The van der Waals surface area contributed by atoms with Crippen LogP contribution in [0.15, 0.2) is 115 Å². The van der Waals surface area contributed by atoms with Crippen LogP contribution in [0.25, 0.3) is 60.0 Å². The molecular weight excluding hydrogens is 446 g/mol. The van der Waals surface area contributed by atoms with E-state index >= 15 is 0 Å². The minimum Gasteiger partial charge on any atom is -0.312 e. The molecule has 1 aromatic heterocycles. The molecule has 0 spiro atoms. The molecule has 2 heteroatoms. The smallest absolute Gasteiger partial charge is 0.0695 e. The highest BCUT2D eigenvalue weighted by molar-refractivity contribution is 6.36. The number of hydrogen-bond acceptors (Lipinski definition) is 0. The Balaban J connectivity index is 1.47. The van der Waals surface area contributed by atoms with Crippen LogP contribution < -0.4 is 0 Å². The fourth-order valence-corrected chi connectivity index (χ4v) is 5.82. The topological polar surface area (TPSA) is 4.93 Å². The van der Waals surface area contributed by atoms with Gasteiger partial charge in [0.15, 0.2) is 0 Å². The Morgan fingerprint density at radius 1 is 0.486 bits per heavy atom. The van der Waals surface area contributed by atoms with E-state index in [0.717, 1.165) is 27.3 Å². The predicted octanol–water partition coefficient (Wildman–Crippen LogP) is 9.72. The van der Waals surface area contributed by atoms with Crippen molar-refractivity contribution >= 4 is 54.8 Å². The van der Waals surface area contributed by atoms with Crippen molar-refractivity contribution in [1.29, 1.82) is 0 Å². The fraction of sp³-hybridized carbons (Fsp3) is 0.0303. The van der Waals surface area contributed by atoms with Crippen LogP contribution in [-0.2, 0) is 0 Å². The van der Waals surface area contributed by atoms with Gasteiger partial charge in [-0.25, -0.2) is 0 Å². The molecule has 0 radical (unpaired) electrons. The average Bonchev–Trinajstić information content (AvgIpc) is 3.18. The molecule has 6 aromatic carbocycles. The van der Waals surface area contributed by atoms with Gasteiger partial charge < -0.3 is 4.57 Å². The first-order valence-electron chi connectivity index (χ1n) is 11.9. The average molecular weight is 468 g/mol. The zero-order valence-corrected chi connectivity index (χ0v) is 20.1. The highest BCUT2D eigenvalue weighted by Crippen LogP contribution is 2.38. The minimum absolute atomic E-state index is 0.815. The summed E-state index contributed by atoms with van der Waals surface area (Å²) in [6.45, 7) is 2.09. The van der Waals surface area contributed by atoms with Gasteiger partial charge >= 0.3 is 0 Å². The predicted molar refractivity (Wildman–Crippen MR) is 151 cm³/mol. The molecule has 7 rings (SSSR count). The summed E-state index contributed by atoms with van der Waals surface area (Å²) in [6.07, 6.45) is 0. The van der Waals surface area contributed by atoms with Gasteiger partial charge in [-0.05, 0) is 74.6 Å². The number of fused-ring (bicyclic) bond motifs is 7. The standard InChI is InChI=1S/C33H22ClN/c1-21-33(34)30-15-6-7-16-32(30)35(21)24-10-8-9-22(19-24)23-17-18-29-27-13-3-2-11-25(27)26-12-4-5-14-28(26)31(29)20-23/h2-20H,1H3. The third kappa shape index (κ3) is 3.02. The first-order chi connectivity index (χ1) is 17.2. The van der Waals surface area contributed by atoms with E-state index in [2.05, 4.69) is 121 Å². The van der Waals surface area contributed by atoms with E-state index in [-0.39, 0.29) is 0 Å². The van der Waals surface area contributed by atoms with Crippen LogP contribution >= 0.6 is 11.6 Å². The van der Waals surface area contributed by atoms with Crippen LogP contribution in [-0.4, -0.2) is 4.57 Å². The van der Waals surface area contributed by atoms with Gasteiger partial charge in [-0.15, -0.1) is 0 Å². The van der Waals surface area contributed by atoms with Gasteiger partial charge in [0.05, 0.1) is 10.5 Å². The van der Waals surface area contributed by atoms with Gasteiger partial charge in [0.1, 0.15) is 0 Å². The zero-order chi connectivity index (χ0) is 23.5. The summed E-state index contributed by atoms with van der Waals surface area (Å²) >= 11 is 6.70. The molecule has 0 bridgehead atoms. The molecule has 35 heavy (non-hydrogen) atoms. The first-order valence-corrected chi connectivity index (χ1v) is 12.3.